The van der Waals surface area contributed by atoms with Crippen LogP contribution in [0.2, 0.25) is 5.02 Å². The molecule has 5 nitrogen and oxygen atoms in total. The third-order valence-corrected chi connectivity index (χ3v) is 5.41. The molecule has 0 aliphatic heterocycles. The van der Waals surface area contributed by atoms with Crippen molar-refractivity contribution in [3.63, 3.8) is 0 Å². The lowest BCUT2D eigenvalue weighted by Crippen LogP contribution is -2.25. The largest absolute Gasteiger partial charge is 0.349 e. The highest BCUT2D eigenvalue weighted by atomic mass is 35.5. The number of nitrogens with one attached hydrogen (secondary N) is 2. The van der Waals surface area contributed by atoms with Gasteiger partial charge in [0.1, 0.15) is 0 Å². The Labute approximate surface area is 146 Å². The molecule has 0 spiro atoms. The molecule has 2 N–H and O–H groups in total. The monoisotopic (exact) mass is 364 g/mol. The molecule has 24 heavy (non-hydrogen) atoms. The molecule has 0 saturated heterocycles. The molecular formula is C17H17ClN2O3S. The van der Waals surface area contributed by atoms with Crippen molar-refractivity contribution >= 4 is 33.2 Å². The summed E-state index contributed by atoms with van der Waals surface area (Å²) in [4.78, 5) is 12.1. The minimum Gasteiger partial charge on any atom is -0.349 e. The Morgan fingerprint density at radius 3 is 2.38 bits per heavy atom. The van der Waals surface area contributed by atoms with Gasteiger partial charge in [-0.3, -0.25) is 9.52 Å². The van der Waals surface area contributed by atoms with Crippen LogP contribution in [0.15, 0.2) is 47.4 Å². The van der Waals surface area contributed by atoms with E-state index in [1.54, 1.807) is 18.2 Å². The molecule has 3 rings (SSSR count). The van der Waals surface area contributed by atoms with Gasteiger partial charge in [0.2, 0.25) is 0 Å². The van der Waals surface area contributed by atoms with E-state index in [0.717, 1.165) is 18.4 Å². The SMILES string of the molecule is Cc1ccc(S(=O)(=O)Nc2ccc(C(=O)NC3CC3)cc2Cl)cc1. The van der Waals surface area contributed by atoms with Crippen molar-refractivity contribution in [2.75, 3.05) is 4.72 Å². The molecule has 0 radical (unpaired) electrons. The summed E-state index contributed by atoms with van der Waals surface area (Å²) < 4.78 is 27.2. The average Bonchev–Trinajstić information content (AvgIpc) is 3.33. The van der Waals surface area contributed by atoms with Gasteiger partial charge >= 0.3 is 0 Å². The third-order valence-electron chi connectivity index (χ3n) is 3.72. The zero-order chi connectivity index (χ0) is 17.3. The first-order valence-corrected chi connectivity index (χ1v) is 9.41. The maximum Gasteiger partial charge on any atom is 0.261 e. The summed E-state index contributed by atoms with van der Waals surface area (Å²) in [6.45, 7) is 1.88. The molecule has 7 heteroatoms. The quantitative estimate of drug-likeness (QED) is 0.854. The molecule has 1 aliphatic carbocycles. The molecule has 1 saturated carbocycles. The van der Waals surface area contributed by atoms with Gasteiger partial charge in [-0.25, -0.2) is 8.42 Å². The van der Waals surface area contributed by atoms with Gasteiger partial charge in [-0.15, -0.1) is 0 Å². The Morgan fingerprint density at radius 2 is 1.79 bits per heavy atom. The summed E-state index contributed by atoms with van der Waals surface area (Å²) in [5.74, 6) is -0.202. The Kier molecular flexibility index (Phi) is 4.51. The normalized spacial score (nSPS) is 14.2. The first-order valence-electron chi connectivity index (χ1n) is 7.55. The van der Waals surface area contributed by atoms with Gasteiger partial charge in [0.25, 0.3) is 15.9 Å². The first kappa shape index (κ1) is 16.8. The van der Waals surface area contributed by atoms with Crippen molar-refractivity contribution in [2.24, 2.45) is 0 Å². The van der Waals surface area contributed by atoms with E-state index in [1.807, 2.05) is 6.92 Å². The van der Waals surface area contributed by atoms with Crippen LogP contribution in [-0.4, -0.2) is 20.4 Å². The zero-order valence-electron chi connectivity index (χ0n) is 13.0. The fraction of sp³-hybridized carbons (Fsp3) is 0.235. The molecule has 2 aromatic rings. The Hall–Kier alpha value is -2.05. The van der Waals surface area contributed by atoms with Crippen LogP contribution in [0.5, 0.6) is 0 Å². The summed E-state index contributed by atoms with van der Waals surface area (Å²) in [5.41, 5.74) is 1.61. The summed E-state index contributed by atoms with van der Waals surface area (Å²) in [7, 11) is -3.73. The van der Waals surface area contributed by atoms with Crippen LogP contribution in [0.3, 0.4) is 0 Å². The van der Waals surface area contributed by atoms with Gasteiger partial charge in [-0.05, 0) is 50.1 Å². The van der Waals surface area contributed by atoms with E-state index in [9.17, 15) is 13.2 Å². The second kappa shape index (κ2) is 6.45. The summed E-state index contributed by atoms with van der Waals surface area (Å²) in [5, 5.41) is 3.04. The number of carbonyl (C=O) groups is 1. The topological polar surface area (TPSA) is 75.3 Å². The van der Waals surface area contributed by atoms with E-state index in [2.05, 4.69) is 10.0 Å². The molecule has 1 fully saturated rings. The maximum atomic E-state index is 12.4. The highest BCUT2D eigenvalue weighted by Gasteiger charge is 2.24. The molecular weight excluding hydrogens is 348 g/mol. The second-order valence-corrected chi connectivity index (χ2v) is 7.95. The van der Waals surface area contributed by atoms with E-state index in [1.165, 1.54) is 24.3 Å². The van der Waals surface area contributed by atoms with Crippen molar-refractivity contribution in [1.82, 2.24) is 5.32 Å². The highest BCUT2D eigenvalue weighted by Crippen LogP contribution is 2.27. The number of rotatable bonds is 5. The van der Waals surface area contributed by atoms with Gasteiger partial charge in [0.05, 0.1) is 15.6 Å². The minimum atomic E-state index is -3.73. The van der Waals surface area contributed by atoms with Crippen molar-refractivity contribution in [3.8, 4) is 0 Å². The molecule has 1 aliphatic rings. The predicted molar refractivity (Wildman–Crippen MR) is 93.9 cm³/mol. The van der Waals surface area contributed by atoms with Crippen molar-refractivity contribution in [2.45, 2.75) is 30.7 Å². The lowest BCUT2D eigenvalue weighted by atomic mass is 10.2. The van der Waals surface area contributed by atoms with Crippen LogP contribution >= 0.6 is 11.6 Å². The maximum absolute atomic E-state index is 12.4. The van der Waals surface area contributed by atoms with Crippen LogP contribution in [-0.2, 0) is 10.0 Å². The van der Waals surface area contributed by atoms with Crippen LogP contribution < -0.4 is 10.0 Å². The Balaban J connectivity index is 1.79. The van der Waals surface area contributed by atoms with Crippen molar-refractivity contribution in [1.29, 1.82) is 0 Å². The van der Waals surface area contributed by atoms with Crippen LogP contribution in [0, 0.1) is 6.92 Å². The minimum absolute atomic E-state index is 0.153. The molecule has 126 valence electrons. The fourth-order valence-corrected chi connectivity index (χ4v) is 3.52. The number of carbonyl (C=O) groups excluding carboxylic acids is 1. The van der Waals surface area contributed by atoms with Crippen LogP contribution in [0.1, 0.15) is 28.8 Å². The smallest absolute Gasteiger partial charge is 0.261 e. The standard InChI is InChI=1S/C17H17ClN2O3S/c1-11-2-7-14(8-3-11)24(22,23)20-16-9-4-12(10-15(16)18)17(21)19-13-5-6-13/h2-4,7-10,13,20H,5-6H2,1H3,(H,19,21). The second-order valence-electron chi connectivity index (χ2n) is 5.86. The molecule has 0 atom stereocenters. The first-order chi connectivity index (χ1) is 11.3. The van der Waals surface area contributed by atoms with E-state index >= 15 is 0 Å². The van der Waals surface area contributed by atoms with Crippen molar-refractivity contribution < 1.29 is 13.2 Å². The summed E-state index contributed by atoms with van der Waals surface area (Å²) >= 11 is 6.14. The van der Waals surface area contributed by atoms with E-state index < -0.39 is 10.0 Å². The Bertz CT molecular complexity index is 875. The zero-order valence-corrected chi connectivity index (χ0v) is 14.6. The van der Waals surface area contributed by atoms with Crippen molar-refractivity contribution in [3.05, 3.63) is 58.6 Å². The van der Waals surface area contributed by atoms with Gasteiger partial charge < -0.3 is 5.32 Å². The number of hydrogen-bond donors (Lipinski definition) is 2. The van der Waals surface area contributed by atoms with Crippen LogP contribution in [0.25, 0.3) is 0 Å². The highest BCUT2D eigenvalue weighted by molar-refractivity contribution is 7.92. The number of hydrogen-bond acceptors (Lipinski definition) is 3. The third kappa shape index (κ3) is 3.88. The number of anilines is 1. The number of amides is 1. The molecule has 0 aromatic heterocycles. The lowest BCUT2D eigenvalue weighted by Gasteiger charge is -2.11. The molecule has 0 unspecified atom stereocenters. The predicted octanol–water partition coefficient (Wildman–Crippen LogP) is 3.34. The number of benzene rings is 2. The fourth-order valence-electron chi connectivity index (χ4n) is 2.16. The number of halogens is 1. The van der Waals surface area contributed by atoms with E-state index in [-0.39, 0.29) is 27.6 Å². The molecule has 2 aromatic carbocycles. The molecule has 0 heterocycles. The number of sulfonamides is 1. The Morgan fingerprint density at radius 1 is 1.12 bits per heavy atom. The van der Waals surface area contributed by atoms with Gasteiger partial charge in [0, 0.05) is 11.6 Å². The van der Waals surface area contributed by atoms with E-state index in [0.29, 0.717) is 5.56 Å². The van der Waals surface area contributed by atoms with E-state index in [4.69, 9.17) is 11.6 Å². The summed E-state index contributed by atoms with van der Waals surface area (Å²) in [6, 6.07) is 11.3. The molecule has 1 amide bonds. The molecule has 0 bridgehead atoms. The van der Waals surface area contributed by atoms with Gasteiger partial charge in [-0.2, -0.15) is 0 Å². The lowest BCUT2D eigenvalue weighted by molar-refractivity contribution is 0.0951. The average molecular weight is 365 g/mol. The number of aryl methyl sites for hydroxylation is 1. The van der Waals surface area contributed by atoms with Gasteiger partial charge in [0.15, 0.2) is 0 Å². The van der Waals surface area contributed by atoms with Gasteiger partial charge in [-0.1, -0.05) is 29.3 Å². The summed E-state index contributed by atoms with van der Waals surface area (Å²) in [6.07, 6.45) is 1.99. The van der Waals surface area contributed by atoms with Crippen LogP contribution in [0.4, 0.5) is 5.69 Å².